The molecule has 28 heavy (non-hydrogen) atoms. The van der Waals surface area contributed by atoms with Gasteiger partial charge in [-0.05, 0) is 50.9 Å². The summed E-state index contributed by atoms with van der Waals surface area (Å²) in [5.41, 5.74) is 0.756. The summed E-state index contributed by atoms with van der Waals surface area (Å²) in [6.07, 6.45) is 9.17. The van der Waals surface area contributed by atoms with E-state index in [2.05, 4.69) is 15.5 Å². The summed E-state index contributed by atoms with van der Waals surface area (Å²) >= 11 is 0. The Bertz CT molecular complexity index is 709. The number of nitrogens with zero attached hydrogens (tertiary/aromatic N) is 1. The van der Waals surface area contributed by atoms with Crippen LogP contribution in [0.5, 0.6) is 5.75 Å². The number of carbonyl (C=O) groups excluding carboxylic acids is 2. The predicted octanol–water partition coefficient (Wildman–Crippen LogP) is 3.08. The summed E-state index contributed by atoms with van der Waals surface area (Å²) < 4.78 is 5.76. The number of anilines is 1. The maximum absolute atomic E-state index is 12.6. The number of amides is 2. The fourth-order valence-corrected chi connectivity index (χ4v) is 4.91. The Hall–Kier alpha value is -2.08. The Labute approximate surface area is 167 Å². The van der Waals surface area contributed by atoms with Gasteiger partial charge in [0.05, 0.1) is 12.1 Å². The van der Waals surface area contributed by atoms with Crippen LogP contribution in [0, 0.1) is 0 Å². The van der Waals surface area contributed by atoms with Gasteiger partial charge in [-0.1, -0.05) is 37.8 Å². The molecule has 4 rings (SSSR count). The van der Waals surface area contributed by atoms with Crippen molar-refractivity contribution in [3.8, 4) is 5.75 Å². The van der Waals surface area contributed by atoms with E-state index in [1.54, 1.807) is 6.07 Å². The van der Waals surface area contributed by atoms with Gasteiger partial charge < -0.3 is 15.4 Å². The van der Waals surface area contributed by atoms with Crippen LogP contribution in [0.4, 0.5) is 5.69 Å². The van der Waals surface area contributed by atoms with Crippen molar-refractivity contribution in [1.29, 1.82) is 0 Å². The summed E-state index contributed by atoms with van der Waals surface area (Å²) in [6, 6.07) is 7.32. The molecule has 2 fully saturated rings. The molecule has 3 aliphatic rings. The number of fused-ring (bicyclic) bond motifs is 1. The van der Waals surface area contributed by atoms with Crippen LogP contribution in [0.25, 0.3) is 0 Å². The van der Waals surface area contributed by atoms with Gasteiger partial charge in [0.25, 0.3) is 5.91 Å². The number of rotatable bonds is 5. The SMILES string of the molecule is O=C(C[C@@H]1Oc2ccccc2NC1=O)NCC1(N2CCCCC2)CCCCC1. The van der Waals surface area contributed by atoms with Gasteiger partial charge in [0, 0.05) is 12.1 Å². The highest BCUT2D eigenvalue weighted by Gasteiger charge is 2.39. The van der Waals surface area contributed by atoms with E-state index in [0.717, 1.165) is 25.9 Å². The average Bonchev–Trinajstić information content (AvgIpc) is 2.74. The summed E-state index contributed by atoms with van der Waals surface area (Å²) in [5.74, 6) is 0.260. The van der Waals surface area contributed by atoms with Gasteiger partial charge in [-0.25, -0.2) is 0 Å². The number of likely N-dealkylation sites (tertiary alicyclic amines) is 1. The summed E-state index contributed by atoms with van der Waals surface area (Å²) in [7, 11) is 0. The second-order valence-electron chi connectivity index (χ2n) is 8.41. The topological polar surface area (TPSA) is 70.7 Å². The second-order valence-corrected chi connectivity index (χ2v) is 8.41. The van der Waals surface area contributed by atoms with Crippen LogP contribution in [0.3, 0.4) is 0 Å². The summed E-state index contributed by atoms with van der Waals surface area (Å²) in [4.78, 5) is 27.6. The van der Waals surface area contributed by atoms with Crippen molar-refractivity contribution in [2.75, 3.05) is 25.0 Å². The number of carbonyl (C=O) groups is 2. The average molecular weight is 386 g/mol. The number of para-hydroxylation sites is 2. The normalized spacial score (nSPS) is 24.6. The van der Waals surface area contributed by atoms with Crippen molar-refractivity contribution < 1.29 is 14.3 Å². The molecule has 1 saturated heterocycles. The summed E-state index contributed by atoms with van der Waals surface area (Å²) in [5, 5.41) is 5.97. The second kappa shape index (κ2) is 8.52. The number of benzene rings is 1. The van der Waals surface area contributed by atoms with Gasteiger partial charge >= 0.3 is 0 Å². The van der Waals surface area contributed by atoms with Crippen molar-refractivity contribution in [1.82, 2.24) is 10.2 Å². The lowest BCUT2D eigenvalue weighted by Crippen LogP contribution is -2.58. The molecule has 2 amide bonds. The van der Waals surface area contributed by atoms with E-state index in [0.29, 0.717) is 18.0 Å². The number of hydrogen-bond donors (Lipinski definition) is 2. The zero-order valence-corrected chi connectivity index (χ0v) is 16.5. The Morgan fingerprint density at radius 1 is 1.11 bits per heavy atom. The van der Waals surface area contributed by atoms with E-state index in [4.69, 9.17) is 4.74 Å². The molecular weight excluding hydrogens is 354 g/mol. The van der Waals surface area contributed by atoms with Gasteiger partial charge in [0.2, 0.25) is 5.91 Å². The molecule has 6 nitrogen and oxygen atoms in total. The number of hydrogen-bond acceptors (Lipinski definition) is 4. The molecule has 1 aromatic carbocycles. The molecule has 1 aromatic rings. The molecule has 1 aliphatic carbocycles. The molecule has 0 unspecified atom stereocenters. The van der Waals surface area contributed by atoms with Gasteiger partial charge in [-0.3, -0.25) is 14.5 Å². The molecule has 2 N–H and O–H groups in total. The minimum absolute atomic E-state index is 0.0518. The van der Waals surface area contributed by atoms with Crippen LogP contribution in [0.2, 0.25) is 0 Å². The molecule has 0 aromatic heterocycles. The van der Waals surface area contributed by atoms with Crippen molar-refractivity contribution in [2.45, 2.75) is 69.4 Å². The first kappa shape index (κ1) is 19.2. The Morgan fingerprint density at radius 2 is 1.82 bits per heavy atom. The molecule has 0 bridgehead atoms. The molecule has 2 heterocycles. The lowest BCUT2D eigenvalue weighted by atomic mass is 9.79. The van der Waals surface area contributed by atoms with Crippen LogP contribution in [-0.2, 0) is 9.59 Å². The molecule has 0 radical (unpaired) electrons. The highest BCUT2D eigenvalue weighted by Crippen LogP contribution is 2.35. The van der Waals surface area contributed by atoms with Crippen LogP contribution >= 0.6 is 0 Å². The number of ether oxygens (including phenoxy) is 1. The van der Waals surface area contributed by atoms with Gasteiger partial charge in [0.15, 0.2) is 6.10 Å². The predicted molar refractivity (Wildman–Crippen MR) is 108 cm³/mol. The molecule has 0 spiro atoms. The number of nitrogens with one attached hydrogen (secondary N) is 2. The highest BCUT2D eigenvalue weighted by atomic mass is 16.5. The zero-order chi connectivity index (χ0) is 19.4. The first-order valence-electron chi connectivity index (χ1n) is 10.7. The molecule has 1 saturated carbocycles. The third-order valence-corrected chi connectivity index (χ3v) is 6.50. The van der Waals surface area contributed by atoms with Crippen molar-refractivity contribution in [3.63, 3.8) is 0 Å². The molecule has 152 valence electrons. The fourth-order valence-electron chi connectivity index (χ4n) is 4.91. The Kier molecular flexibility index (Phi) is 5.85. The fraction of sp³-hybridized carbons (Fsp3) is 0.636. The van der Waals surface area contributed by atoms with Crippen LogP contribution < -0.4 is 15.4 Å². The third-order valence-electron chi connectivity index (χ3n) is 6.50. The van der Waals surface area contributed by atoms with Crippen LogP contribution in [0.1, 0.15) is 57.8 Å². The van der Waals surface area contributed by atoms with E-state index >= 15 is 0 Å². The molecule has 1 atom stereocenters. The first-order chi connectivity index (χ1) is 13.7. The standard InChI is InChI=1S/C22H31N3O3/c26-20(15-19-21(27)24-17-9-3-4-10-18(17)28-19)23-16-22(11-5-1-6-12-22)25-13-7-2-8-14-25/h3-4,9-10,19H,1-2,5-8,11-16H2,(H,23,26)(H,24,27)/t19-/m0/s1. The quantitative estimate of drug-likeness (QED) is 0.817. The monoisotopic (exact) mass is 385 g/mol. The maximum atomic E-state index is 12.6. The van der Waals surface area contributed by atoms with Crippen molar-refractivity contribution in [3.05, 3.63) is 24.3 Å². The van der Waals surface area contributed by atoms with E-state index in [1.807, 2.05) is 18.2 Å². The Morgan fingerprint density at radius 3 is 2.61 bits per heavy atom. The van der Waals surface area contributed by atoms with Crippen LogP contribution in [0.15, 0.2) is 24.3 Å². The third kappa shape index (κ3) is 4.17. The minimum Gasteiger partial charge on any atom is -0.478 e. The largest absolute Gasteiger partial charge is 0.478 e. The smallest absolute Gasteiger partial charge is 0.266 e. The Balaban J connectivity index is 1.35. The van der Waals surface area contributed by atoms with E-state index in [1.165, 1.54) is 38.5 Å². The zero-order valence-electron chi connectivity index (χ0n) is 16.5. The van der Waals surface area contributed by atoms with Gasteiger partial charge in [-0.15, -0.1) is 0 Å². The lowest BCUT2D eigenvalue weighted by Gasteiger charge is -2.48. The minimum atomic E-state index is -0.771. The highest BCUT2D eigenvalue weighted by molar-refractivity contribution is 5.99. The van der Waals surface area contributed by atoms with Gasteiger partial charge in [-0.2, -0.15) is 0 Å². The van der Waals surface area contributed by atoms with E-state index < -0.39 is 6.10 Å². The maximum Gasteiger partial charge on any atom is 0.266 e. The lowest BCUT2D eigenvalue weighted by molar-refractivity contribution is -0.131. The van der Waals surface area contributed by atoms with Gasteiger partial charge in [0.1, 0.15) is 5.75 Å². The number of piperidine rings is 1. The molecular formula is C22H31N3O3. The van der Waals surface area contributed by atoms with E-state index in [-0.39, 0.29) is 23.8 Å². The summed E-state index contributed by atoms with van der Waals surface area (Å²) in [6.45, 7) is 2.96. The molecule has 2 aliphatic heterocycles. The molecule has 6 heteroatoms. The van der Waals surface area contributed by atoms with Crippen molar-refractivity contribution in [2.24, 2.45) is 0 Å². The van der Waals surface area contributed by atoms with E-state index in [9.17, 15) is 9.59 Å². The first-order valence-corrected chi connectivity index (χ1v) is 10.7. The van der Waals surface area contributed by atoms with Crippen LogP contribution in [-0.4, -0.2) is 48.0 Å². The van der Waals surface area contributed by atoms with Crippen molar-refractivity contribution >= 4 is 17.5 Å².